The topological polar surface area (TPSA) is 83.5 Å². The molecule has 0 N–H and O–H groups in total. The monoisotopic (exact) mass is 457 g/mol. The third-order valence-corrected chi connectivity index (χ3v) is 6.36. The third-order valence-electron chi connectivity index (χ3n) is 5.36. The van der Waals surface area contributed by atoms with Crippen LogP contribution in [-0.2, 0) is 26.6 Å². The summed E-state index contributed by atoms with van der Waals surface area (Å²) in [6.07, 6.45) is 4.33. The van der Waals surface area contributed by atoms with E-state index in [9.17, 15) is 0 Å². The van der Waals surface area contributed by atoms with Crippen LogP contribution in [0.3, 0.4) is 0 Å². The van der Waals surface area contributed by atoms with Crippen molar-refractivity contribution in [2.24, 2.45) is 7.05 Å². The lowest BCUT2D eigenvalue weighted by molar-refractivity contribution is 0.289. The van der Waals surface area contributed by atoms with Crippen LogP contribution in [0.25, 0.3) is 11.0 Å². The van der Waals surface area contributed by atoms with Crippen molar-refractivity contribution in [2.75, 3.05) is 0 Å². The summed E-state index contributed by atoms with van der Waals surface area (Å²) in [4.78, 5) is 8.80. The van der Waals surface area contributed by atoms with Gasteiger partial charge >= 0.3 is 0 Å². The molecule has 0 spiro atoms. The maximum absolute atomic E-state index is 6.04. The Bertz CT molecular complexity index is 1360. The number of hydrogen-bond donors (Lipinski definition) is 0. The molecule has 0 aliphatic heterocycles. The fourth-order valence-electron chi connectivity index (χ4n) is 3.50. The Morgan fingerprint density at radius 1 is 0.939 bits per heavy atom. The maximum Gasteiger partial charge on any atom is 0.197 e. The largest absolute Gasteiger partial charge is 0.486 e. The fourth-order valence-corrected chi connectivity index (χ4v) is 4.39. The number of aryl methyl sites for hydroxylation is 2. The van der Waals surface area contributed by atoms with Crippen molar-refractivity contribution in [3.63, 3.8) is 0 Å². The van der Waals surface area contributed by atoms with Crippen LogP contribution in [0.4, 0.5) is 0 Å². The van der Waals surface area contributed by atoms with Gasteiger partial charge in [0.15, 0.2) is 16.6 Å². The molecule has 3 aromatic heterocycles. The Morgan fingerprint density at radius 2 is 1.76 bits per heavy atom. The minimum atomic E-state index is 0.317. The first-order chi connectivity index (χ1) is 16.2. The molecule has 3 heterocycles. The van der Waals surface area contributed by atoms with Crippen molar-refractivity contribution >= 4 is 22.8 Å². The van der Waals surface area contributed by atoms with Crippen molar-refractivity contribution in [3.05, 3.63) is 84.1 Å². The van der Waals surface area contributed by atoms with Crippen LogP contribution in [0.15, 0.2) is 77.3 Å². The van der Waals surface area contributed by atoms with Crippen LogP contribution in [0.5, 0.6) is 5.75 Å². The molecular weight excluding hydrogens is 434 g/mol. The smallest absolute Gasteiger partial charge is 0.197 e. The first-order valence-corrected chi connectivity index (χ1v) is 11.5. The number of fused-ring (bicyclic) bond motifs is 1. The van der Waals surface area contributed by atoms with E-state index in [0.717, 1.165) is 44.8 Å². The Hall–Kier alpha value is -3.72. The summed E-state index contributed by atoms with van der Waals surface area (Å²) in [6.45, 7) is 3.08. The SMILES string of the molecule is CCc1ccc(OCc2nnc(Sc3ncnc4c3cnn4C)n2Cc2ccccc2)cc1. The van der Waals surface area contributed by atoms with Crippen LogP contribution in [0.1, 0.15) is 23.9 Å². The second-order valence-corrected chi connectivity index (χ2v) is 8.50. The van der Waals surface area contributed by atoms with Crippen molar-refractivity contribution in [1.82, 2.24) is 34.5 Å². The molecule has 0 aliphatic carbocycles. The molecule has 0 saturated carbocycles. The lowest BCUT2D eigenvalue weighted by atomic mass is 10.2. The zero-order valence-electron chi connectivity index (χ0n) is 18.4. The number of aromatic nitrogens is 7. The highest BCUT2D eigenvalue weighted by Crippen LogP contribution is 2.30. The lowest BCUT2D eigenvalue weighted by Gasteiger charge is -2.11. The van der Waals surface area contributed by atoms with Gasteiger partial charge in [0, 0.05) is 7.05 Å². The molecule has 0 unspecified atom stereocenters. The van der Waals surface area contributed by atoms with Crippen LogP contribution < -0.4 is 4.74 Å². The zero-order valence-corrected chi connectivity index (χ0v) is 19.2. The molecule has 0 atom stereocenters. The van der Waals surface area contributed by atoms with E-state index in [0.29, 0.717) is 13.2 Å². The molecule has 0 saturated heterocycles. The molecule has 166 valence electrons. The summed E-state index contributed by atoms with van der Waals surface area (Å²) in [5.74, 6) is 1.56. The van der Waals surface area contributed by atoms with Gasteiger partial charge in [0.2, 0.25) is 0 Å². The second-order valence-electron chi connectivity index (χ2n) is 7.54. The van der Waals surface area contributed by atoms with Crippen LogP contribution in [0.2, 0.25) is 0 Å². The molecule has 33 heavy (non-hydrogen) atoms. The van der Waals surface area contributed by atoms with E-state index in [-0.39, 0.29) is 0 Å². The van der Waals surface area contributed by atoms with Crippen molar-refractivity contribution in [1.29, 1.82) is 0 Å². The number of ether oxygens (including phenoxy) is 1. The number of nitrogens with zero attached hydrogens (tertiary/aromatic N) is 7. The molecular formula is C24H23N7OS. The molecule has 8 nitrogen and oxygen atoms in total. The van der Waals surface area contributed by atoms with Gasteiger partial charge in [0.05, 0.1) is 18.1 Å². The van der Waals surface area contributed by atoms with Crippen molar-refractivity contribution in [2.45, 2.75) is 36.7 Å². The predicted octanol–water partition coefficient (Wildman–Crippen LogP) is 4.30. The Labute approximate surface area is 195 Å². The fraction of sp³-hybridized carbons (Fsp3) is 0.208. The Kier molecular flexibility index (Phi) is 6.03. The van der Waals surface area contributed by atoms with Gasteiger partial charge in [-0.2, -0.15) is 5.10 Å². The minimum Gasteiger partial charge on any atom is -0.486 e. The van der Waals surface area contributed by atoms with E-state index in [2.05, 4.69) is 61.0 Å². The van der Waals surface area contributed by atoms with E-state index < -0.39 is 0 Å². The maximum atomic E-state index is 6.04. The predicted molar refractivity (Wildman–Crippen MR) is 126 cm³/mol. The van der Waals surface area contributed by atoms with E-state index in [4.69, 9.17) is 4.74 Å². The summed E-state index contributed by atoms with van der Waals surface area (Å²) < 4.78 is 9.84. The van der Waals surface area contributed by atoms with Gasteiger partial charge in [-0.05, 0) is 41.4 Å². The Balaban J connectivity index is 1.44. The molecule has 5 rings (SSSR count). The van der Waals surface area contributed by atoms with E-state index >= 15 is 0 Å². The molecule has 0 radical (unpaired) electrons. The lowest BCUT2D eigenvalue weighted by Crippen LogP contribution is -2.09. The summed E-state index contributed by atoms with van der Waals surface area (Å²) in [7, 11) is 1.87. The highest BCUT2D eigenvalue weighted by molar-refractivity contribution is 7.99. The minimum absolute atomic E-state index is 0.317. The van der Waals surface area contributed by atoms with Gasteiger partial charge < -0.3 is 4.74 Å². The van der Waals surface area contributed by atoms with Gasteiger partial charge in [-0.15, -0.1) is 10.2 Å². The summed E-state index contributed by atoms with van der Waals surface area (Å²) >= 11 is 1.45. The number of hydrogen-bond acceptors (Lipinski definition) is 7. The second kappa shape index (κ2) is 9.41. The van der Waals surface area contributed by atoms with Gasteiger partial charge in [-0.25, -0.2) is 9.97 Å². The van der Waals surface area contributed by atoms with Crippen LogP contribution in [0, 0.1) is 0 Å². The quantitative estimate of drug-likeness (QED) is 0.321. The molecule has 2 aromatic carbocycles. The third kappa shape index (κ3) is 4.58. The first-order valence-electron chi connectivity index (χ1n) is 10.7. The molecule has 0 aliphatic rings. The molecule has 0 bridgehead atoms. The summed E-state index contributed by atoms with van der Waals surface area (Å²) in [6, 6.07) is 18.4. The van der Waals surface area contributed by atoms with Gasteiger partial charge in [0.1, 0.15) is 23.7 Å². The van der Waals surface area contributed by atoms with Gasteiger partial charge in [-0.1, -0.05) is 49.4 Å². The number of rotatable bonds is 8. The normalized spacial score (nSPS) is 11.2. The Morgan fingerprint density at radius 3 is 2.55 bits per heavy atom. The summed E-state index contributed by atoms with van der Waals surface area (Å²) in [5, 5.41) is 15.6. The molecule has 9 heteroatoms. The molecule has 0 fully saturated rings. The highest BCUT2D eigenvalue weighted by Gasteiger charge is 2.18. The average Bonchev–Trinajstić information content (AvgIpc) is 3.42. The average molecular weight is 458 g/mol. The van der Waals surface area contributed by atoms with E-state index in [1.807, 2.05) is 37.4 Å². The van der Waals surface area contributed by atoms with Crippen LogP contribution >= 0.6 is 11.8 Å². The van der Waals surface area contributed by atoms with Crippen molar-refractivity contribution in [3.8, 4) is 5.75 Å². The standard InChI is InChI=1S/C24H23N7OS/c1-3-17-9-11-19(12-10-17)32-15-21-28-29-24(31(21)14-18-7-5-4-6-8-18)33-23-20-13-27-30(2)22(20)25-16-26-23/h4-13,16H,3,14-15H2,1-2H3. The highest BCUT2D eigenvalue weighted by atomic mass is 32.2. The van der Waals surface area contributed by atoms with Gasteiger partial charge in [0.25, 0.3) is 0 Å². The van der Waals surface area contributed by atoms with Gasteiger partial charge in [-0.3, -0.25) is 9.25 Å². The molecule has 0 amide bonds. The van der Waals surface area contributed by atoms with E-state index in [1.54, 1.807) is 17.2 Å². The van der Waals surface area contributed by atoms with Crippen LogP contribution in [-0.4, -0.2) is 34.5 Å². The van der Waals surface area contributed by atoms with E-state index in [1.165, 1.54) is 17.3 Å². The molecule has 5 aromatic rings. The summed E-state index contributed by atoms with van der Waals surface area (Å²) in [5.41, 5.74) is 3.21. The zero-order chi connectivity index (χ0) is 22.6. The number of benzene rings is 2. The van der Waals surface area contributed by atoms with Crippen molar-refractivity contribution < 1.29 is 4.74 Å². The first kappa shape index (κ1) is 21.1.